The van der Waals surface area contributed by atoms with E-state index in [0.29, 0.717) is 30.3 Å². The van der Waals surface area contributed by atoms with Gasteiger partial charge in [-0.15, -0.1) is 0 Å². The number of esters is 1. The van der Waals surface area contributed by atoms with E-state index in [1.807, 2.05) is 11.8 Å². The highest BCUT2D eigenvalue weighted by molar-refractivity contribution is 5.90. The number of hydrogen-bond acceptors (Lipinski definition) is 5. The Morgan fingerprint density at radius 2 is 2.09 bits per heavy atom. The minimum absolute atomic E-state index is 0.186. The molecule has 1 aromatic rings. The summed E-state index contributed by atoms with van der Waals surface area (Å²) in [5.41, 5.74) is 1.23. The van der Waals surface area contributed by atoms with E-state index in [0.717, 1.165) is 0 Å². The maximum absolute atomic E-state index is 12.0. The van der Waals surface area contributed by atoms with Crippen molar-refractivity contribution < 1.29 is 19.1 Å². The van der Waals surface area contributed by atoms with Gasteiger partial charge >= 0.3 is 5.97 Å². The number of carbonyl (C=O) groups is 2. The number of carbonyl (C=O) groups excluding carboxylic acids is 2. The lowest BCUT2D eigenvalue weighted by molar-refractivity contribution is -0.144. The molecule has 0 aliphatic heterocycles. The second kappa shape index (κ2) is 8.26. The van der Waals surface area contributed by atoms with Gasteiger partial charge in [0.15, 0.2) is 0 Å². The number of nitrogens with zero attached hydrogens (tertiary/aromatic N) is 1. The quantitative estimate of drug-likeness (QED) is 0.782. The van der Waals surface area contributed by atoms with E-state index in [4.69, 9.17) is 9.47 Å². The van der Waals surface area contributed by atoms with Crippen molar-refractivity contribution in [2.24, 2.45) is 0 Å². The molecule has 1 aromatic carbocycles. The second-order valence-corrected chi connectivity index (χ2v) is 4.70. The van der Waals surface area contributed by atoms with E-state index in [1.165, 1.54) is 6.92 Å². The first-order valence-corrected chi connectivity index (χ1v) is 7.25. The summed E-state index contributed by atoms with van der Waals surface area (Å²) in [5, 5.41) is 2.68. The van der Waals surface area contributed by atoms with Gasteiger partial charge in [-0.1, -0.05) is 0 Å². The largest absolute Gasteiger partial charge is 0.495 e. The number of nitrogens with one attached hydrogen (secondary N) is 1. The van der Waals surface area contributed by atoms with Gasteiger partial charge in [0.2, 0.25) is 5.91 Å². The Kier molecular flexibility index (Phi) is 6.69. The third-order valence-electron chi connectivity index (χ3n) is 3.17. The fourth-order valence-corrected chi connectivity index (χ4v) is 2.16. The first kappa shape index (κ1) is 17.8. The lowest BCUT2D eigenvalue weighted by Crippen LogP contribution is -2.40. The molecular weight excluding hydrogens is 284 g/mol. The molecule has 0 spiro atoms. The Morgan fingerprint density at radius 3 is 2.59 bits per heavy atom. The van der Waals surface area contributed by atoms with Crippen LogP contribution in [0.4, 0.5) is 11.4 Å². The number of ether oxygens (including phenoxy) is 2. The Labute approximate surface area is 131 Å². The zero-order valence-electron chi connectivity index (χ0n) is 13.7. The highest BCUT2D eigenvalue weighted by Gasteiger charge is 2.24. The summed E-state index contributed by atoms with van der Waals surface area (Å²) < 4.78 is 10.4. The topological polar surface area (TPSA) is 67.9 Å². The van der Waals surface area contributed by atoms with Crippen LogP contribution in [0.2, 0.25) is 0 Å². The maximum Gasteiger partial charge on any atom is 0.328 e. The summed E-state index contributed by atoms with van der Waals surface area (Å²) in [6, 6.07) is 5.84. The normalized spacial score (nSPS) is 11.5. The molecule has 6 heteroatoms. The molecule has 1 radical (unpaired) electrons. The molecule has 0 aliphatic carbocycles. The smallest absolute Gasteiger partial charge is 0.328 e. The SMILES string of the molecule is CCOC(=O)C(C)N(CC)c1cc(NC(C)=O)[c]cc1OC. The number of hydrogen-bond donors (Lipinski definition) is 1. The van der Waals surface area contributed by atoms with E-state index >= 15 is 0 Å². The van der Waals surface area contributed by atoms with Crippen LogP contribution in [0.3, 0.4) is 0 Å². The average Bonchev–Trinajstić information content (AvgIpc) is 2.47. The van der Waals surface area contributed by atoms with Crippen molar-refractivity contribution in [1.82, 2.24) is 0 Å². The lowest BCUT2D eigenvalue weighted by Gasteiger charge is -2.30. The molecule has 1 amide bonds. The number of anilines is 2. The summed E-state index contributed by atoms with van der Waals surface area (Å²) in [6.07, 6.45) is 0. The van der Waals surface area contributed by atoms with Gasteiger partial charge < -0.3 is 19.7 Å². The molecule has 0 aromatic heterocycles. The Hall–Kier alpha value is -2.24. The van der Waals surface area contributed by atoms with Crippen LogP contribution < -0.4 is 15.0 Å². The molecule has 1 rings (SSSR count). The van der Waals surface area contributed by atoms with Crippen LogP contribution in [-0.4, -0.2) is 38.2 Å². The van der Waals surface area contributed by atoms with Crippen molar-refractivity contribution in [3.8, 4) is 5.75 Å². The molecule has 0 heterocycles. The van der Waals surface area contributed by atoms with Gasteiger partial charge in [-0.25, -0.2) is 4.79 Å². The third kappa shape index (κ3) is 4.38. The summed E-state index contributed by atoms with van der Waals surface area (Å²) in [7, 11) is 1.55. The minimum Gasteiger partial charge on any atom is -0.495 e. The van der Waals surface area contributed by atoms with Crippen LogP contribution in [0.5, 0.6) is 5.75 Å². The van der Waals surface area contributed by atoms with Gasteiger partial charge in [0.25, 0.3) is 0 Å². The fraction of sp³-hybridized carbons (Fsp3) is 0.500. The second-order valence-electron chi connectivity index (χ2n) is 4.70. The van der Waals surface area contributed by atoms with Crippen LogP contribution in [0, 0.1) is 6.07 Å². The Bertz CT molecular complexity index is 531. The van der Waals surface area contributed by atoms with Gasteiger partial charge in [-0.3, -0.25) is 4.79 Å². The summed E-state index contributed by atoms with van der Waals surface area (Å²) in [4.78, 5) is 25.0. The molecule has 6 nitrogen and oxygen atoms in total. The predicted octanol–water partition coefficient (Wildman–Crippen LogP) is 2.23. The van der Waals surface area contributed by atoms with Crippen molar-refractivity contribution in [2.75, 3.05) is 30.5 Å². The van der Waals surface area contributed by atoms with E-state index in [9.17, 15) is 9.59 Å². The summed E-state index contributed by atoms with van der Waals surface area (Å²) in [5.74, 6) is 0.0845. The molecule has 121 valence electrons. The Morgan fingerprint density at radius 1 is 1.41 bits per heavy atom. The van der Waals surface area contributed by atoms with Crippen molar-refractivity contribution >= 4 is 23.3 Å². The van der Waals surface area contributed by atoms with Crippen LogP contribution in [0.15, 0.2) is 12.1 Å². The molecule has 0 fully saturated rings. The molecule has 1 N–H and O–H groups in total. The maximum atomic E-state index is 12.0. The van der Waals surface area contributed by atoms with Crippen molar-refractivity contribution in [1.29, 1.82) is 0 Å². The van der Waals surface area contributed by atoms with Gasteiger partial charge in [-0.05, 0) is 32.9 Å². The number of methoxy groups -OCH3 is 1. The number of rotatable bonds is 7. The molecule has 0 bridgehead atoms. The first-order valence-electron chi connectivity index (χ1n) is 7.25. The van der Waals surface area contributed by atoms with Crippen LogP contribution >= 0.6 is 0 Å². The van der Waals surface area contributed by atoms with Crippen LogP contribution in [0.25, 0.3) is 0 Å². The zero-order chi connectivity index (χ0) is 16.7. The van der Waals surface area contributed by atoms with Gasteiger partial charge in [-0.2, -0.15) is 0 Å². The molecule has 1 atom stereocenters. The lowest BCUT2D eigenvalue weighted by atomic mass is 10.2. The molecule has 0 aliphatic rings. The highest BCUT2D eigenvalue weighted by Crippen LogP contribution is 2.32. The van der Waals surface area contributed by atoms with Crippen molar-refractivity contribution in [3.05, 3.63) is 18.2 Å². The van der Waals surface area contributed by atoms with Crippen molar-refractivity contribution in [2.45, 2.75) is 33.7 Å². The molecule has 0 saturated carbocycles. The molecule has 1 unspecified atom stereocenters. The fourth-order valence-electron chi connectivity index (χ4n) is 2.16. The van der Waals surface area contributed by atoms with Gasteiger partial charge in [0.05, 0.1) is 25.1 Å². The zero-order valence-corrected chi connectivity index (χ0v) is 13.7. The summed E-state index contributed by atoms with van der Waals surface area (Å²) >= 11 is 0. The third-order valence-corrected chi connectivity index (χ3v) is 3.17. The summed E-state index contributed by atoms with van der Waals surface area (Å²) in [6.45, 7) is 7.82. The average molecular weight is 307 g/mol. The van der Waals surface area contributed by atoms with E-state index in [1.54, 1.807) is 33.1 Å². The molecule has 22 heavy (non-hydrogen) atoms. The van der Waals surface area contributed by atoms with Crippen LogP contribution in [0.1, 0.15) is 27.7 Å². The number of likely N-dealkylation sites (N-methyl/N-ethyl adjacent to an activating group) is 1. The first-order chi connectivity index (χ1) is 10.4. The van der Waals surface area contributed by atoms with E-state index < -0.39 is 6.04 Å². The number of amides is 1. The van der Waals surface area contributed by atoms with Crippen molar-refractivity contribution in [3.63, 3.8) is 0 Å². The van der Waals surface area contributed by atoms with E-state index in [-0.39, 0.29) is 11.9 Å². The monoisotopic (exact) mass is 307 g/mol. The van der Waals surface area contributed by atoms with E-state index in [2.05, 4.69) is 11.4 Å². The predicted molar refractivity (Wildman–Crippen MR) is 85.2 cm³/mol. The van der Waals surface area contributed by atoms with Crippen LogP contribution in [-0.2, 0) is 14.3 Å². The molecular formula is C16H23N2O4. The number of benzene rings is 1. The Balaban J connectivity index is 3.17. The highest BCUT2D eigenvalue weighted by atomic mass is 16.5. The minimum atomic E-state index is -0.466. The van der Waals surface area contributed by atoms with Gasteiger partial charge in [0, 0.05) is 19.5 Å². The molecule has 0 saturated heterocycles. The van der Waals surface area contributed by atoms with Gasteiger partial charge in [0.1, 0.15) is 11.8 Å². The standard InChI is InChI=1S/C16H23N2O4/c1-6-18(11(3)16(20)22-7-2)14-10-13(17-12(4)19)8-9-15(14)21-5/h9-11H,6-7H2,1-5H3,(H,17,19).